The molecule has 0 aliphatic heterocycles. The molecular weight excluding hydrogens is 476 g/mol. The van der Waals surface area contributed by atoms with Crippen molar-refractivity contribution in [3.05, 3.63) is 88.9 Å². The molecule has 0 aromatic carbocycles. The predicted octanol–water partition coefficient (Wildman–Crippen LogP) is 4.54. The van der Waals surface area contributed by atoms with Gasteiger partial charge in [0.15, 0.2) is 5.65 Å². The van der Waals surface area contributed by atoms with Crippen molar-refractivity contribution in [2.75, 3.05) is 5.73 Å². The van der Waals surface area contributed by atoms with Gasteiger partial charge < -0.3 is 10.6 Å². The van der Waals surface area contributed by atoms with Crippen molar-refractivity contribution in [3.63, 3.8) is 0 Å². The summed E-state index contributed by atoms with van der Waals surface area (Å²) in [5, 5.41) is 0.451. The van der Waals surface area contributed by atoms with Crippen molar-refractivity contribution in [3.8, 4) is 12.3 Å². The number of nitrogen functional groups attached to an aromatic ring is 1. The number of alkyl halides is 3. The summed E-state index contributed by atoms with van der Waals surface area (Å²) in [6, 6.07) is 6.81. The Kier molecular flexibility index (Phi) is 6.53. The van der Waals surface area contributed by atoms with Crippen LogP contribution in [0.3, 0.4) is 0 Å². The number of amides is 1. The lowest BCUT2D eigenvalue weighted by atomic mass is 10.1. The molecule has 0 aliphatic rings. The zero-order chi connectivity index (χ0) is 26.0. The molecule has 0 radical (unpaired) electrons. The first-order valence-electron chi connectivity index (χ1n) is 10.5. The van der Waals surface area contributed by atoms with E-state index in [1.807, 2.05) is 0 Å². The topological polar surface area (TPSA) is 97.9 Å². The zero-order valence-electron chi connectivity index (χ0n) is 18.8. The number of rotatable bonds is 5. The maximum atomic E-state index is 14.5. The summed E-state index contributed by atoms with van der Waals surface area (Å²) >= 11 is 0. The first kappa shape index (κ1) is 24.5. The molecule has 182 valence electrons. The van der Waals surface area contributed by atoms with Gasteiger partial charge in [0.05, 0.1) is 40.7 Å². The largest absolute Gasteiger partial charge is 0.417 e. The van der Waals surface area contributed by atoms with Gasteiger partial charge >= 0.3 is 6.18 Å². The Bertz CT molecular complexity index is 1480. The van der Waals surface area contributed by atoms with Crippen LogP contribution >= 0.6 is 0 Å². The Labute approximate surface area is 203 Å². The summed E-state index contributed by atoms with van der Waals surface area (Å²) in [7, 11) is 0. The zero-order valence-corrected chi connectivity index (χ0v) is 18.8. The number of anilines is 1. The van der Waals surface area contributed by atoms with E-state index in [0.29, 0.717) is 17.1 Å². The van der Waals surface area contributed by atoms with Crippen LogP contribution in [0, 0.1) is 18.2 Å². The first-order chi connectivity index (χ1) is 17.1. The summed E-state index contributed by atoms with van der Waals surface area (Å²) in [6.07, 6.45) is 4.22. The van der Waals surface area contributed by atoms with Gasteiger partial charge in [-0.2, -0.15) is 13.2 Å². The van der Waals surface area contributed by atoms with Crippen LogP contribution in [-0.4, -0.2) is 30.7 Å². The van der Waals surface area contributed by atoms with E-state index in [0.717, 1.165) is 12.1 Å². The van der Waals surface area contributed by atoms with Gasteiger partial charge in [0.2, 0.25) is 0 Å². The third-order valence-electron chi connectivity index (χ3n) is 5.50. The van der Waals surface area contributed by atoms with Gasteiger partial charge in [0.1, 0.15) is 11.6 Å². The third kappa shape index (κ3) is 4.93. The molecular formula is C25H18F4N6O. The molecule has 7 nitrogen and oxygen atoms in total. The molecule has 4 rings (SSSR count). The summed E-state index contributed by atoms with van der Waals surface area (Å²) < 4.78 is 53.4. The molecule has 4 aromatic rings. The highest BCUT2D eigenvalue weighted by atomic mass is 19.4. The Morgan fingerprint density at radius 3 is 2.58 bits per heavy atom. The molecule has 0 bridgehead atoms. The maximum absolute atomic E-state index is 14.5. The van der Waals surface area contributed by atoms with E-state index in [-0.39, 0.29) is 35.0 Å². The highest BCUT2D eigenvalue weighted by molar-refractivity contribution is 5.97. The molecule has 0 aliphatic carbocycles. The second-order valence-corrected chi connectivity index (χ2v) is 7.85. The van der Waals surface area contributed by atoms with Gasteiger partial charge in [0.25, 0.3) is 5.91 Å². The van der Waals surface area contributed by atoms with Crippen LogP contribution in [0.15, 0.2) is 55.0 Å². The Morgan fingerprint density at radius 2 is 1.94 bits per heavy atom. The number of hydrogen-bond donors (Lipinski definition) is 1. The Morgan fingerprint density at radius 1 is 1.17 bits per heavy atom. The van der Waals surface area contributed by atoms with Crippen molar-refractivity contribution in [1.29, 1.82) is 0 Å². The lowest BCUT2D eigenvalue weighted by molar-refractivity contribution is -0.137. The monoisotopic (exact) mass is 494 g/mol. The molecule has 4 heterocycles. The number of fused-ring (bicyclic) bond motifs is 1. The van der Waals surface area contributed by atoms with E-state index >= 15 is 0 Å². The van der Waals surface area contributed by atoms with Gasteiger partial charge in [-0.15, -0.1) is 6.42 Å². The minimum Gasteiger partial charge on any atom is -0.383 e. The molecule has 4 aromatic heterocycles. The number of terminal acetylenes is 1. The molecule has 0 saturated carbocycles. The molecule has 1 atom stereocenters. The minimum absolute atomic E-state index is 0.0180. The first-order valence-corrected chi connectivity index (χ1v) is 10.5. The van der Waals surface area contributed by atoms with Gasteiger partial charge in [-0.1, -0.05) is 5.92 Å². The Balaban J connectivity index is 1.74. The summed E-state index contributed by atoms with van der Waals surface area (Å²) in [5.74, 6) is 1.30. The fraction of sp³-hybridized carbons (Fsp3) is 0.160. The summed E-state index contributed by atoms with van der Waals surface area (Å²) in [6.45, 7) is 1.34. The van der Waals surface area contributed by atoms with Crippen molar-refractivity contribution in [1.82, 2.24) is 24.8 Å². The van der Waals surface area contributed by atoms with E-state index in [4.69, 9.17) is 12.2 Å². The van der Waals surface area contributed by atoms with Gasteiger partial charge in [-0.3, -0.25) is 14.8 Å². The number of nitrogens with two attached hydrogens (primary N) is 1. The number of nitrogens with zero attached hydrogens (tertiary/aromatic N) is 5. The minimum atomic E-state index is -4.56. The van der Waals surface area contributed by atoms with Crippen LogP contribution in [0.5, 0.6) is 0 Å². The second kappa shape index (κ2) is 9.58. The van der Waals surface area contributed by atoms with E-state index in [1.54, 1.807) is 13.0 Å². The molecule has 1 amide bonds. The van der Waals surface area contributed by atoms with Gasteiger partial charge in [-0.05, 0) is 43.3 Å². The highest BCUT2D eigenvalue weighted by Gasteiger charge is 2.31. The van der Waals surface area contributed by atoms with E-state index in [2.05, 4.69) is 25.9 Å². The number of aromatic nitrogens is 4. The fourth-order valence-electron chi connectivity index (χ4n) is 3.57. The smallest absolute Gasteiger partial charge is 0.383 e. The predicted molar refractivity (Wildman–Crippen MR) is 124 cm³/mol. The lowest BCUT2D eigenvalue weighted by Gasteiger charge is -2.29. The number of carbonyl (C=O) groups excluding carboxylic acids is 1. The van der Waals surface area contributed by atoms with E-state index < -0.39 is 29.5 Å². The molecule has 0 spiro atoms. The van der Waals surface area contributed by atoms with Crippen molar-refractivity contribution in [2.45, 2.75) is 25.7 Å². The number of carbonyl (C=O) groups is 1. The van der Waals surface area contributed by atoms with Crippen molar-refractivity contribution >= 4 is 22.8 Å². The van der Waals surface area contributed by atoms with Gasteiger partial charge in [0, 0.05) is 24.0 Å². The standard InChI is InChI=1S/C25H18F4N6O/c1-3-15-9-16-10-17(11-33-23(16)34-22(15)30)24(36)35(14(2)21-20(26)5-4-8-31-21)13-19-7-6-18(12-32-19)25(27,28)29/h1,4-12,14H,13H2,2H3,(H2,30,33,34). The highest BCUT2D eigenvalue weighted by Crippen LogP contribution is 2.30. The second-order valence-electron chi connectivity index (χ2n) is 7.85. The van der Waals surface area contributed by atoms with Crippen LogP contribution in [-0.2, 0) is 12.7 Å². The molecule has 11 heteroatoms. The summed E-state index contributed by atoms with van der Waals surface area (Å²) in [4.78, 5) is 31.1. The summed E-state index contributed by atoms with van der Waals surface area (Å²) in [5.41, 5.74) is 5.72. The SMILES string of the molecule is C#Cc1cc2cc(C(=O)N(Cc3ccc(C(F)(F)F)cn3)C(C)c3ncccc3F)cnc2nc1N. The number of hydrogen-bond acceptors (Lipinski definition) is 6. The van der Waals surface area contributed by atoms with Crippen molar-refractivity contribution < 1.29 is 22.4 Å². The van der Waals surface area contributed by atoms with E-state index in [1.165, 1.54) is 35.5 Å². The molecule has 2 N–H and O–H groups in total. The van der Waals surface area contributed by atoms with Crippen LogP contribution in [0.4, 0.5) is 23.4 Å². The maximum Gasteiger partial charge on any atom is 0.417 e. The third-order valence-corrected chi connectivity index (χ3v) is 5.50. The number of halogens is 4. The Hall–Kier alpha value is -4.59. The normalized spacial score (nSPS) is 12.2. The van der Waals surface area contributed by atoms with Crippen LogP contribution in [0.2, 0.25) is 0 Å². The van der Waals surface area contributed by atoms with Crippen LogP contribution < -0.4 is 5.73 Å². The van der Waals surface area contributed by atoms with Crippen LogP contribution in [0.1, 0.15) is 45.8 Å². The molecule has 36 heavy (non-hydrogen) atoms. The van der Waals surface area contributed by atoms with Crippen LogP contribution in [0.25, 0.3) is 11.0 Å². The average Bonchev–Trinajstić information content (AvgIpc) is 2.86. The van der Waals surface area contributed by atoms with Crippen molar-refractivity contribution in [2.24, 2.45) is 0 Å². The fourth-order valence-corrected chi connectivity index (χ4v) is 3.57. The average molecular weight is 494 g/mol. The molecule has 0 fully saturated rings. The van der Waals surface area contributed by atoms with Gasteiger partial charge in [-0.25, -0.2) is 14.4 Å². The molecule has 1 unspecified atom stereocenters. The quantitative estimate of drug-likeness (QED) is 0.323. The lowest BCUT2D eigenvalue weighted by Crippen LogP contribution is -2.34. The number of pyridine rings is 4. The molecule has 0 saturated heterocycles. The van der Waals surface area contributed by atoms with E-state index in [9.17, 15) is 22.4 Å².